The Morgan fingerprint density at radius 2 is 1.75 bits per heavy atom. The van der Waals surface area contributed by atoms with Crippen molar-refractivity contribution < 1.29 is 22.4 Å². The Kier molecular flexibility index (Phi) is 6.21. The van der Waals surface area contributed by atoms with E-state index in [9.17, 15) is 8.42 Å². The molecule has 8 nitrogen and oxygen atoms in total. The minimum Gasteiger partial charge on any atom is -0.497 e. The first-order chi connectivity index (χ1) is 15.3. The molecule has 0 aliphatic carbocycles. The molecule has 4 rings (SSSR count). The minimum atomic E-state index is -3.60. The van der Waals surface area contributed by atoms with Crippen LogP contribution < -0.4 is 9.47 Å². The Balaban J connectivity index is 1.57. The van der Waals surface area contributed by atoms with Crippen LogP contribution in [0, 0.1) is 13.8 Å². The fraction of sp³-hybridized carbons (Fsp3) is 0.391. The highest BCUT2D eigenvalue weighted by Gasteiger charge is 2.33. The highest BCUT2D eigenvalue weighted by molar-refractivity contribution is 7.89. The number of rotatable bonds is 6. The molecular weight excluding hydrogens is 430 g/mol. The summed E-state index contributed by atoms with van der Waals surface area (Å²) in [5, 5.41) is 4.11. The maximum Gasteiger partial charge on any atom is 0.243 e. The Morgan fingerprint density at radius 3 is 2.41 bits per heavy atom. The zero-order valence-electron chi connectivity index (χ0n) is 18.7. The lowest BCUT2D eigenvalue weighted by Crippen LogP contribution is -2.39. The molecule has 1 aliphatic rings. The van der Waals surface area contributed by atoms with E-state index in [0.717, 1.165) is 24.0 Å². The fourth-order valence-corrected chi connectivity index (χ4v) is 5.45. The SMILES string of the molecule is COc1cc(OC)cc(-c2noc(C3CCCN(S(=O)(=O)c4ccc(C)c(C)c4)C3)n2)c1. The van der Waals surface area contributed by atoms with Gasteiger partial charge >= 0.3 is 0 Å². The zero-order chi connectivity index (χ0) is 22.9. The standard InChI is InChI=1S/C23H27N3O5S/c1-15-7-8-21(10-16(15)2)32(27,28)26-9-5-6-17(14-26)23-24-22(25-31-23)18-11-19(29-3)13-20(12-18)30-4/h7-8,10-13,17H,5-6,9,14H2,1-4H3. The number of aryl methyl sites for hydroxylation is 2. The average Bonchev–Trinajstić information content (AvgIpc) is 3.31. The summed E-state index contributed by atoms with van der Waals surface area (Å²) in [6, 6.07) is 10.6. The summed E-state index contributed by atoms with van der Waals surface area (Å²) < 4.78 is 44.1. The molecule has 1 fully saturated rings. The first kappa shape index (κ1) is 22.3. The van der Waals surface area contributed by atoms with Gasteiger partial charge < -0.3 is 14.0 Å². The van der Waals surface area contributed by atoms with Gasteiger partial charge in [-0.15, -0.1) is 0 Å². The van der Waals surface area contributed by atoms with Gasteiger partial charge in [-0.3, -0.25) is 0 Å². The number of piperidine rings is 1. The van der Waals surface area contributed by atoms with Gasteiger partial charge in [-0.1, -0.05) is 11.2 Å². The van der Waals surface area contributed by atoms with E-state index in [0.29, 0.717) is 46.8 Å². The predicted molar refractivity (Wildman–Crippen MR) is 119 cm³/mol. The summed E-state index contributed by atoms with van der Waals surface area (Å²) in [7, 11) is -0.443. The lowest BCUT2D eigenvalue weighted by molar-refractivity contribution is 0.265. The molecule has 2 aromatic carbocycles. The molecule has 0 N–H and O–H groups in total. The highest BCUT2D eigenvalue weighted by Crippen LogP contribution is 2.33. The monoisotopic (exact) mass is 457 g/mol. The molecule has 0 bridgehead atoms. The van der Waals surface area contributed by atoms with Crippen LogP contribution in [-0.2, 0) is 10.0 Å². The van der Waals surface area contributed by atoms with E-state index >= 15 is 0 Å². The van der Waals surface area contributed by atoms with Crippen molar-refractivity contribution in [1.82, 2.24) is 14.4 Å². The van der Waals surface area contributed by atoms with Crippen molar-refractivity contribution in [3.05, 3.63) is 53.4 Å². The molecular formula is C23H27N3O5S. The maximum atomic E-state index is 13.2. The van der Waals surface area contributed by atoms with Gasteiger partial charge in [0.2, 0.25) is 21.7 Å². The molecule has 170 valence electrons. The van der Waals surface area contributed by atoms with Crippen molar-refractivity contribution in [2.24, 2.45) is 0 Å². The number of nitrogens with zero attached hydrogens (tertiary/aromatic N) is 3. The lowest BCUT2D eigenvalue weighted by atomic mass is 10.00. The van der Waals surface area contributed by atoms with Crippen molar-refractivity contribution in [3.8, 4) is 22.9 Å². The van der Waals surface area contributed by atoms with Crippen molar-refractivity contribution in [2.75, 3.05) is 27.3 Å². The Morgan fingerprint density at radius 1 is 1.03 bits per heavy atom. The predicted octanol–water partition coefficient (Wildman–Crippen LogP) is 3.94. The molecule has 3 aromatic rings. The van der Waals surface area contributed by atoms with Crippen LogP contribution in [0.1, 0.15) is 35.8 Å². The van der Waals surface area contributed by atoms with Gasteiger partial charge in [0.1, 0.15) is 11.5 Å². The summed E-state index contributed by atoms with van der Waals surface area (Å²) in [5.41, 5.74) is 2.72. The Bertz CT molecular complexity index is 1200. The van der Waals surface area contributed by atoms with E-state index in [1.165, 1.54) is 4.31 Å². The lowest BCUT2D eigenvalue weighted by Gasteiger charge is -2.30. The van der Waals surface area contributed by atoms with E-state index in [1.807, 2.05) is 19.9 Å². The van der Waals surface area contributed by atoms with Crippen LogP contribution in [0.25, 0.3) is 11.4 Å². The summed E-state index contributed by atoms with van der Waals surface area (Å²) >= 11 is 0. The third kappa shape index (κ3) is 4.35. The van der Waals surface area contributed by atoms with Crippen LogP contribution in [0.4, 0.5) is 0 Å². The number of benzene rings is 2. The summed E-state index contributed by atoms with van der Waals surface area (Å²) in [4.78, 5) is 4.88. The van der Waals surface area contributed by atoms with Gasteiger partial charge in [-0.25, -0.2) is 8.42 Å². The summed E-state index contributed by atoms with van der Waals surface area (Å²) in [6.07, 6.45) is 1.50. The Hall–Kier alpha value is -2.91. The largest absolute Gasteiger partial charge is 0.497 e. The molecule has 2 heterocycles. The molecule has 1 unspecified atom stereocenters. The zero-order valence-corrected chi connectivity index (χ0v) is 19.5. The molecule has 32 heavy (non-hydrogen) atoms. The van der Waals surface area contributed by atoms with Gasteiger partial charge in [0.25, 0.3) is 0 Å². The molecule has 1 atom stereocenters. The van der Waals surface area contributed by atoms with Crippen LogP contribution in [0.15, 0.2) is 45.8 Å². The third-order valence-corrected chi connectivity index (χ3v) is 7.76. The topological polar surface area (TPSA) is 94.8 Å². The number of hydrogen-bond donors (Lipinski definition) is 0. The normalized spacial score (nSPS) is 17.3. The molecule has 0 saturated carbocycles. The quantitative estimate of drug-likeness (QED) is 0.553. The van der Waals surface area contributed by atoms with Gasteiger partial charge in [-0.05, 0) is 62.1 Å². The first-order valence-corrected chi connectivity index (χ1v) is 11.9. The number of sulfonamides is 1. The molecule has 0 radical (unpaired) electrons. The third-order valence-electron chi connectivity index (χ3n) is 5.90. The molecule has 1 aromatic heterocycles. The molecule has 0 amide bonds. The number of ether oxygens (including phenoxy) is 2. The van der Waals surface area contributed by atoms with Gasteiger partial charge in [-0.2, -0.15) is 9.29 Å². The van der Waals surface area contributed by atoms with E-state index in [1.54, 1.807) is 44.6 Å². The fourth-order valence-electron chi connectivity index (χ4n) is 3.84. The van der Waals surface area contributed by atoms with Gasteiger partial charge in [0.05, 0.1) is 25.0 Å². The van der Waals surface area contributed by atoms with Crippen LogP contribution >= 0.6 is 0 Å². The van der Waals surface area contributed by atoms with Crippen molar-refractivity contribution in [3.63, 3.8) is 0 Å². The van der Waals surface area contributed by atoms with Crippen molar-refractivity contribution in [1.29, 1.82) is 0 Å². The second kappa shape index (κ2) is 8.91. The second-order valence-electron chi connectivity index (χ2n) is 8.01. The smallest absolute Gasteiger partial charge is 0.243 e. The van der Waals surface area contributed by atoms with Crippen molar-refractivity contribution in [2.45, 2.75) is 37.5 Å². The van der Waals surface area contributed by atoms with E-state index < -0.39 is 10.0 Å². The summed E-state index contributed by atoms with van der Waals surface area (Å²) in [5.74, 6) is 1.91. The number of methoxy groups -OCH3 is 2. The average molecular weight is 458 g/mol. The molecule has 9 heteroatoms. The summed E-state index contributed by atoms with van der Waals surface area (Å²) in [6.45, 7) is 4.66. The first-order valence-electron chi connectivity index (χ1n) is 10.5. The highest BCUT2D eigenvalue weighted by atomic mass is 32.2. The molecule has 1 saturated heterocycles. The number of hydrogen-bond acceptors (Lipinski definition) is 7. The minimum absolute atomic E-state index is 0.168. The van der Waals surface area contributed by atoms with Crippen LogP contribution in [-0.4, -0.2) is 50.2 Å². The Labute approximate surface area is 188 Å². The molecule has 1 aliphatic heterocycles. The van der Waals surface area contributed by atoms with E-state index in [4.69, 9.17) is 14.0 Å². The van der Waals surface area contributed by atoms with Crippen LogP contribution in [0.2, 0.25) is 0 Å². The van der Waals surface area contributed by atoms with E-state index in [-0.39, 0.29) is 5.92 Å². The number of aromatic nitrogens is 2. The molecule has 0 spiro atoms. The van der Waals surface area contributed by atoms with Gasteiger partial charge in [0.15, 0.2) is 0 Å². The van der Waals surface area contributed by atoms with E-state index in [2.05, 4.69) is 10.1 Å². The van der Waals surface area contributed by atoms with Crippen LogP contribution in [0.5, 0.6) is 11.5 Å². The second-order valence-corrected chi connectivity index (χ2v) is 9.94. The van der Waals surface area contributed by atoms with Crippen molar-refractivity contribution >= 4 is 10.0 Å². The van der Waals surface area contributed by atoms with Gasteiger partial charge in [0, 0.05) is 24.7 Å². The maximum absolute atomic E-state index is 13.2. The van der Waals surface area contributed by atoms with Crippen LogP contribution in [0.3, 0.4) is 0 Å².